The standard InChI is InChI=1S/C19H38N4O2.HI/c1-4-20-19(22-14-16(2)23(3)18-6-7-18)21-10-5-11-25-15-17-8-12-24-13-9-17;/h16-18H,4-15H2,1-3H3,(H2,20,21,22);1H. The Morgan fingerprint density at radius 3 is 2.62 bits per heavy atom. The Kier molecular flexibility index (Phi) is 12.8. The molecule has 2 N–H and O–H groups in total. The first kappa shape index (κ1) is 23.9. The number of likely N-dealkylation sites (N-methyl/N-ethyl adjacent to an activating group) is 1. The second-order valence-electron chi connectivity index (χ2n) is 7.38. The van der Waals surface area contributed by atoms with Crippen molar-refractivity contribution in [1.29, 1.82) is 0 Å². The summed E-state index contributed by atoms with van der Waals surface area (Å²) < 4.78 is 11.2. The summed E-state index contributed by atoms with van der Waals surface area (Å²) in [5.74, 6) is 1.61. The molecule has 1 heterocycles. The zero-order chi connectivity index (χ0) is 17.9. The molecule has 0 amide bonds. The van der Waals surface area contributed by atoms with E-state index in [1.54, 1.807) is 0 Å². The molecule has 154 valence electrons. The Hall–Kier alpha value is -0.120. The summed E-state index contributed by atoms with van der Waals surface area (Å²) in [5.41, 5.74) is 0. The molecule has 0 radical (unpaired) electrons. The average Bonchev–Trinajstić information content (AvgIpc) is 3.47. The molecule has 0 aromatic rings. The van der Waals surface area contributed by atoms with Crippen molar-refractivity contribution in [3.05, 3.63) is 0 Å². The molecule has 0 aromatic heterocycles. The molecule has 1 saturated heterocycles. The van der Waals surface area contributed by atoms with Crippen molar-refractivity contribution < 1.29 is 9.47 Å². The van der Waals surface area contributed by atoms with Crippen LogP contribution in [0.3, 0.4) is 0 Å². The van der Waals surface area contributed by atoms with E-state index < -0.39 is 0 Å². The lowest BCUT2D eigenvalue weighted by molar-refractivity contribution is 0.0203. The van der Waals surface area contributed by atoms with Crippen LogP contribution in [-0.4, -0.2) is 76.1 Å². The van der Waals surface area contributed by atoms with Gasteiger partial charge in [0.2, 0.25) is 0 Å². The lowest BCUT2D eigenvalue weighted by atomic mass is 10.0. The molecule has 0 aromatic carbocycles. The minimum atomic E-state index is 0. The lowest BCUT2D eigenvalue weighted by Gasteiger charge is -2.23. The summed E-state index contributed by atoms with van der Waals surface area (Å²) in [6, 6.07) is 1.28. The highest BCUT2D eigenvalue weighted by molar-refractivity contribution is 14.0. The van der Waals surface area contributed by atoms with Crippen LogP contribution in [0.4, 0.5) is 0 Å². The highest BCUT2D eigenvalue weighted by atomic mass is 127. The summed E-state index contributed by atoms with van der Waals surface area (Å²) >= 11 is 0. The van der Waals surface area contributed by atoms with Gasteiger partial charge in [-0.05, 0) is 58.9 Å². The third kappa shape index (κ3) is 9.71. The van der Waals surface area contributed by atoms with E-state index in [4.69, 9.17) is 14.5 Å². The number of hydrogen-bond acceptors (Lipinski definition) is 4. The third-order valence-corrected chi connectivity index (χ3v) is 5.13. The summed E-state index contributed by atoms with van der Waals surface area (Å²) in [5, 5.41) is 6.75. The van der Waals surface area contributed by atoms with Crippen molar-refractivity contribution in [3.63, 3.8) is 0 Å². The van der Waals surface area contributed by atoms with Gasteiger partial charge >= 0.3 is 0 Å². The molecular formula is C19H39IN4O2. The van der Waals surface area contributed by atoms with Gasteiger partial charge in [-0.1, -0.05) is 0 Å². The zero-order valence-electron chi connectivity index (χ0n) is 16.8. The Bertz CT molecular complexity index is 388. The van der Waals surface area contributed by atoms with Crippen molar-refractivity contribution >= 4 is 29.9 Å². The third-order valence-electron chi connectivity index (χ3n) is 5.13. The first-order chi connectivity index (χ1) is 12.2. The predicted octanol–water partition coefficient (Wildman–Crippen LogP) is 2.48. The van der Waals surface area contributed by atoms with Crippen molar-refractivity contribution in [2.75, 3.05) is 53.1 Å². The molecule has 6 nitrogen and oxygen atoms in total. The normalized spacial score (nSPS) is 19.9. The number of aliphatic imine (C=N–C) groups is 1. The monoisotopic (exact) mass is 482 g/mol. The fourth-order valence-corrected chi connectivity index (χ4v) is 3.08. The van der Waals surface area contributed by atoms with Gasteiger partial charge in [-0.3, -0.25) is 9.89 Å². The first-order valence-electron chi connectivity index (χ1n) is 10.1. The van der Waals surface area contributed by atoms with Gasteiger partial charge in [0.15, 0.2) is 5.96 Å². The summed E-state index contributed by atoms with van der Waals surface area (Å²) in [7, 11) is 2.22. The predicted molar refractivity (Wildman–Crippen MR) is 119 cm³/mol. The SMILES string of the molecule is CCNC(=NCC(C)N(C)C1CC1)NCCCOCC1CCOCC1.I. The van der Waals surface area contributed by atoms with Crippen molar-refractivity contribution in [3.8, 4) is 0 Å². The van der Waals surface area contributed by atoms with Gasteiger partial charge in [-0.2, -0.15) is 0 Å². The van der Waals surface area contributed by atoms with Crippen LogP contribution in [-0.2, 0) is 9.47 Å². The largest absolute Gasteiger partial charge is 0.381 e. The average molecular weight is 482 g/mol. The number of guanidine groups is 1. The molecular weight excluding hydrogens is 443 g/mol. The van der Waals surface area contributed by atoms with Crippen LogP contribution in [0.1, 0.15) is 46.0 Å². The van der Waals surface area contributed by atoms with Crippen LogP contribution in [0.5, 0.6) is 0 Å². The Morgan fingerprint density at radius 1 is 1.23 bits per heavy atom. The molecule has 2 fully saturated rings. The quantitative estimate of drug-likeness (QED) is 0.205. The summed E-state index contributed by atoms with van der Waals surface area (Å²) in [6.45, 7) is 10.5. The molecule has 0 spiro atoms. The number of ether oxygens (including phenoxy) is 2. The molecule has 2 rings (SSSR count). The van der Waals surface area contributed by atoms with Crippen LogP contribution in [0.2, 0.25) is 0 Å². The Labute approximate surface area is 176 Å². The highest BCUT2D eigenvalue weighted by Gasteiger charge is 2.28. The van der Waals surface area contributed by atoms with E-state index in [1.165, 1.54) is 12.8 Å². The maximum atomic E-state index is 5.82. The molecule has 26 heavy (non-hydrogen) atoms. The maximum absolute atomic E-state index is 5.82. The molecule has 0 bridgehead atoms. The minimum absolute atomic E-state index is 0. The van der Waals surface area contributed by atoms with Crippen LogP contribution >= 0.6 is 24.0 Å². The van der Waals surface area contributed by atoms with E-state index >= 15 is 0 Å². The zero-order valence-corrected chi connectivity index (χ0v) is 19.2. The van der Waals surface area contributed by atoms with E-state index in [0.717, 1.165) is 77.3 Å². The number of nitrogens with zero attached hydrogens (tertiary/aromatic N) is 2. The van der Waals surface area contributed by atoms with Gasteiger partial charge in [0.05, 0.1) is 6.54 Å². The molecule has 2 aliphatic rings. The second-order valence-corrected chi connectivity index (χ2v) is 7.38. The van der Waals surface area contributed by atoms with E-state index in [0.29, 0.717) is 12.0 Å². The van der Waals surface area contributed by atoms with Crippen molar-refractivity contribution in [1.82, 2.24) is 15.5 Å². The van der Waals surface area contributed by atoms with E-state index in [-0.39, 0.29) is 24.0 Å². The Morgan fingerprint density at radius 2 is 1.96 bits per heavy atom. The number of rotatable bonds is 11. The summed E-state index contributed by atoms with van der Waals surface area (Å²) in [6.07, 6.45) is 5.98. The van der Waals surface area contributed by atoms with Crippen molar-refractivity contribution in [2.45, 2.75) is 58.0 Å². The Balaban J connectivity index is 0.00000338. The maximum Gasteiger partial charge on any atom is 0.191 e. The van der Waals surface area contributed by atoms with E-state index in [2.05, 4.69) is 36.4 Å². The van der Waals surface area contributed by atoms with Gasteiger partial charge in [0.1, 0.15) is 0 Å². The first-order valence-corrected chi connectivity index (χ1v) is 10.1. The summed E-state index contributed by atoms with van der Waals surface area (Å²) in [4.78, 5) is 7.19. The molecule has 1 atom stereocenters. The van der Waals surface area contributed by atoms with Crippen LogP contribution < -0.4 is 10.6 Å². The number of halogens is 1. The smallest absolute Gasteiger partial charge is 0.191 e. The number of hydrogen-bond donors (Lipinski definition) is 2. The fraction of sp³-hybridized carbons (Fsp3) is 0.947. The van der Waals surface area contributed by atoms with Gasteiger partial charge < -0.3 is 20.1 Å². The molecule has 7 heteroatoms. The van der Waals surface area contributed by atoms with E-state index in [1.807, 2.05) is 0 Å². The molecule has 1 saturated carbocycles. The topological polar surface area (TPSA) is 58.1 Å². The van der Waals surface area contributed by atoms with Crippen LogP contribution in [0.15, 0.2) is 4.99 Å². The highest BCUT2D eigenvalue weighted by Crippen LogP contribution is 2.26. The minimum Gasteiger partial charge on any atom is -0.381 e. The van der Waals surface area contributed by atoms with Crippen molar-refractivity contribution in [2.24, 2.45) is 10.9 Å². The second kappa shape index (κ2) is 14.0. The number of nitrogens with one attached hydrogen (secondary N) is 2. The van der Waals surface area contributed by atoms with Gasteiger partial charge in [0.25, 0.3) is 0 Å². The van der Waals surface area contributed by atoms with E-state index in [9.17, 15) is 0 Å². The lowest BCUT2D eigenvalue weighted by Crippen LogP contribution is -2.40. The van der Waals surface area contributed by atoms with Crippen LogP contribution in [0, 0.1) is 5.92 Å². The molecule has 1 aliphatic carbocycles. The van der Waals surface area contributed by atoms with Crippen LogP contribution in [0.25, 0.3) is 0 Å². The fourth-order valence-electron chi connectivity index (χ4n) is 3.08. The van der Waals surface area contributed by atoms with Gasteiger partial charge in [0, 0.05) is 51.6 Å². The van der Waals surface area contributed by atoms with Gasteiger partial charge in [-0.25, -0.2) is 0 Å². The van der Waals surface area contributed by atoms with Gasteiger partial charge in [-0.15, -0.1) is 24.0 Å². The molecule has 1 unspecified atom stereocenters. The molecule has 1 aliphatic heterocycles.